The molecule has 0 aromatic carbocycles. The fourth-order valence-electron chi connectivity index (χ4n) is 1.33. The first kappa shape index (κ1) is 7.10. The van der Waals surface area contributed by atoms with Crippen molar-refractivity contribution in [1.82, 2.24) is 4.90 Å². The second kappa shape index (κ2) is 2.71. The van der Waals surface area contributed by atoms with Gasteiger partial charge >= 0.3 is 0 Å². The van der Waals surface area contributed by atoms with E-state index in [0.29, 0.717) is 12.0 Å². The van der Waals surface area contributed by atoms with Crippen molar-refractivity contribution in [3.63, 3.8) is 0 Å². The van der Waals surface area contributed by atoms with Crippen molar-refractivity contribution >= 4 is 7.85 Å². The van der Waals surface area contributed by atoms with Gasteiger partial charge in [0.1, 0.15) is 7.85 Å². The Hall–Kier alpha value is -0.0151. The summed E-state index contributed by atoms with van der Waals surface area (Å²) in [6, 6.07) is 0.455. The Kier molecular flexibility index (Phi) is 2.14. The van der Waals surface area contributed by atoms with Crippen molar-refractivity contribution in [1.29, 1.82) is 0 Å². The van der Waals surface area contributed by atoms with E-state index in [1.54, 1.807) is 0 Å². The van der Waals surface area contributed by atoms with Gasteiger partial charge in [0.15, 0.2) is 0 Å². The Balaban J connectivity index is 2.35. The number of rotatable bonds is 0. The minimum absolute atomic E-state index is 0.455. The number of nitrogens with two attached hydrogens (primary N) is 1. The minimum atomic E-state index is 0.455. The fourth-order valence-corrected chi connectivity index (χ4v) is 1.33. The fraction of sp³-hybridized carbons (Fsp3) is 1.00. The third-order valence-electron chi connectivity index (χ3n) is 2.25. The molecule has 2 atom stereocenters. The van der Waals surface area contributed by atoms with Crippen LogP contribution in [0.25, 0.3) is 0 Å². The molecular weight excluding hydrogens is 111 g/mol. The first-order chi connectivity index (χ1) is 4.20. The second-order valence-corrected chi connectivity index (χ2v) is 3.11. The van der Waals surface area contributed by atoms with Crippen molar-refractivity contribution < 1.29 is 0 Å². The molecule has 0 saturated carbocycles. The third kappa shape index (κ3) is 1.70. The summed E-state index contributed by atoms with van der Waals surface area (Å²) in [5.74, 6) is 0.689. The van der Waals surface area contributed by atoms with Crippen molar-refractivity contribution in [2.45, 2.75) is 24.8 Å². The molecule has 9 heavy (non-hydrogen) atoms. The summed E-state index contributed by atoms with van der Waals surface area (Å²) in [7, 11) is 4.40. The zero-order valence-corrected chi connectivity index (χ0v) is 6.30. The lowest BCUT2D eigenvalue weighted by molar-refractivity contribution is 0.227. The zero-order chi connectivity index (χ0) is 6.85. The lowest BCUT2D eigenvalue weighted by atomic mass is 9.85. The van der Waals surface area contributed by atoms with E-state index in [-0.39, 0.29) is 0 Å². The van der Waals surface area contributed by atoms with Gasteiger partial charge in [0.25, 0.3) is 0 Å². The predicted octanol–water partition coefficient (Wildman–Crippen LogP) is -1.00. The predicted molar refractivity (Wildman–Crippen MR) is 42.2 cm³/mol. The molecule has 0 bridgehead atoms. The van der Waals surface area contributed by atoms with Crippen LogP contribution in [0, 0.1) is 0 Å². The molecule has 0 aromatic heterocycles. The van der Waals surface area contributed by atoms with Crippen LogP contribution in [0.4, 0.5) is 0 Å². The largest absolute Gasteiger partial charge is 0.328 e. The molecule has 2 N–H and O–H groups in total. The zero-order valence-electron chi connectivity index (χ0n) is 6.30. The van der Waals surface area contributed by atoms with Gasteiger partial charge in [-0.2, -0.15) is 0 Å². The SMILES string of the molecule is B[C@@H]1C[C@@H](N)CCN1C. The van der Waals surface area contributed by atoms with Gasteiger partial charge in [-0.25, -0.2) is 0 Å². The van der Waals surface area contributed by atoms with Crippen LogP contribution in [0.5, 0.6) is 0 Å². The molecule has 52 valence electrons. The highest BCUT2D eigenvalue weighted by Gasteiger charge is 2.18. The molecule has 1 heterocycles. The Bertz CT molecular complexity index is 97.1. The van der Waals surface area contributed by atoms with Crippen molar-refractivity contribution in [3.8, 4) is 0 Å². The summed E-state index contributed by atoms with van der Waals surface area (Å²) in [5.41, 5.74) is 5.76. The van der Waals surface area contributed by atoms with E-state index in [9.17, 15) is 0 Å². The van der Waals surface area contributed by atoms with Crippen LogP contribution in [-0.2, 0) is 0 Å². The van der Waals surface area contributed by atoms with Gasteiger partial charge in [-0.15, -0.1) is 0 Å². The van der Waals surface area contributed by atoms with Gasteiger partial charge in [-0.1, -0.05) is 0 Å². The number of hydrogen-bond acceptors (Lipinski definition) is 2. The molecule has 1 rings (SSSR count). The summed E-state index contributed by atoms with van der Waals surface area (Å²) in [4.78, 5) is 2.36. The average Bonchev–Trinajstić information content (AvgIpc) is 1.80. The summed E-state index contributed by atoms with van der Waals surface area (Å²) >= 11 is 0. The maximum Gasteiger partial charge on any atom is 0.123 e. The minimum Gasteiger partial charge on any atom is -0.328 e. The second-order valence-electron chi connectivity index (χ2n) is 3.11. The van der Waals surface area contributed by atoms with Crippen LogP contribution in [0.15, 0.2) is 0 Å². The van der Waals surface area contributed by atoms with E-state index in [0.717, 1.165) is 6.42 Å². The van der Waals surface area contributed by atoms with Crippen LogP contribution >= 0.6 is 0 Å². The maximum atomic E-state index is 5.76. The van der Waals surface area contributed by atoms with Crippen LogP contribution in [0.1, 0.15) is 12.8 Å². The highest BCUT2D eigenvalue weighted by atomic mass is 15.1. The Morgan fingerprint density at radius 2 is 2.33 bits per heavy atom. The lowest BCUT2D eigenvalue weighted by Crippen LogP contribution is -2.44. The van der Waals surface area contributed by atoms with E-state index in [1.807, 2.05) is 0 Å². The molecule has 2 nitrogen and oxygen atoms in total. The van der Waals surface area contributed by atoms with Gasteiger partial charge < -0.3 is 10.6 Å². The Morgan fingerprint density at radius 1 is 1.67 bits per heavy atom. The molecule has 1 aliphatic rings. The van der Waals surface area contributed by atoms with Crippen LogP contribution in [0.3, 0.4) is 0 Å². The Morgan fingerprint density at radius 3 is 2.78 bits per heavy atom. The summed E-state index contributed by atoms with van der Waals surface area (Å²) in [6.07, 6.45) is 2.33. The molecule has 1 saturated heterocycles. The molecule has 3 heteroatoms. The lowest BCUT2D eigenvalue weighted by Gasteiger charge is -2.33. The molecule has 0 radical (unpaired) electrons. The van der Waals surface area contributed by atoms with Crippen LogP contribution < -0.4 is 5.73 Å². The average molecular weight is 126 g/mol. The topological polar surface area (TPSA) is 29.3 Å². The maximum absolute atomic E-state index is 5.76. The third-order valence-corrected chi connectivity index (χ3v) is 2.25. The summed E-state index contributed by atoms with van der Waals surface area (Å²) in [6.45, 7) is 1.17. The first-order valence-electron chi connectivity index (χ1n) is 3.66. The molecule has 1 aliphatic heterocycles. The van der Waals surface area contributed by atoms with E-state index in [1.165, 1.54) is 13.0 Å². The van der Waals surface area contributed by atoms with Crippen molar-refractivity contribution in [2.75, 3.05) is 13.6 Å². The van der Waals surface area contributed by atoms with E-state index in [4.69, 9.17) is 5.73 Å². The standard InChI is InChI=1S/C6H15BN2/c1-9-3-2-5(8)4-6(9)7/h5-6H,2-4,7-8H2,1H3/t5-,6-/m0/s1. The molecule has 1 fully saturated rings. The van der Waals surface area contributed by atoms with E-state index >= 15 is 0 Å². The number of likely N-dealkylation sites (tertiary alicyclic amines) is 1. The van der Waals surface area contributed by atoms with Gasteiger partial charge in [0, 0.05) is 6.04 Å². The number of hydrogen-bond donors (Lipinski definition) is 1. The van der Waals surface area contributed by atoms with Crippen LogP contribution in [-0.4, -0.2) is 38.3 Å². The van der Waals surface area contributed by atoms with Crippen molar-refractivity contribution in [2.24, 2.45) is 5.73 Å². The van der Waals surface area contributed by atoms with E-state index in [2.05, 4.69) is 19.8 Å². The quantitative estimate of drug-likeness (QED) is 0.422. The first-order valence-corrected chi connectivity index (χ1v) is 3.66. The van der Waals surface area contributed by atoms with Gasteiger partial charge in [-0.05, 0) is 32.4 Å². The summed E-state index contributed by atoms with van der Waals surface area (Å²) in [5, 5.41) is 0. The molecule has 0 amide bonds. The normalized spacial score (nSPS) is 38.9. The monoisotopic (exact) mass is 126 g/mol. The van der Waals surface area contributed by atoms with Gasteiger partial charge in [-0.3, -0.25) is 0 Å². The Labute approximate surface area is 57.8 Å². The number of piperidine rings is 1. The molecular formula is C6H15BN2. The number of nitrogens with zero attached hydrogens (tertiary/aromatic N) is 1. The molecule has 0 aromatic rings. The van der Waals surface area contributed by atoms with Gasteiger partial charge in [0.05, 0.1) is 0 Å². The smallest absolute Gasteiger partial charge is 0.123 e. The van der Waals surface area contributed by atoms with Gasteiger partial charge in [0.2, 0.25) is 0 Å². The highest BCUT2D eigenvalue weighted by molar-refractivity contribution is 6.11. The van der Waals surface area contributed by atoms with Crippen molar-refractivity contribution in [3.05, 3.63) is 0 Å². The van der Waals surface area contributed by atoms with E-state index < -0.39 is 0 Å². The molecule has 0 unspecified atom stereocenters. The molecule has 0 aliphatic carbocycles. The summed E-state index contributed by atoms with van der Waals surface area (Å²) < 4.78 is 0. The highest BCUT2D eigenvalue weighted by Crippen LogP contribution is 2.10. The van der Waals surface area contributed by atoms with Crippen LogP contribution in [0.2, 0.25) is 0 Å². The molecule has 0 spiro atoms.